The minimum atomic E-state index is -1.03. The standard InChI is InChI=1S/C22H19F3O2/c1-3-14-4-5-16(19(23)12-14)13-27-17-8-6-15(7-9-17)18-10-11-20(26-2)22(25)21(18)24/h4-12H,3,13H2,1-2H3. The van der Waals surface area contributed by atoms with Gasteiger partial charge in [-0.05, 0) is 47.9 Å². The normalized spacial score (nSPS) is 10.7. The lowest BCUT2D eigenvalue weighted by Gasteiger charge is -2.10. The summed E-state index contributed by atoms with van der Waals surface area (Å²) in [5.41, 5.74) is 2.01. The Bertz CT molecular complexity index is 937. The number of hydrogen-bond acceptors (Lipinski definition) is 2. The van der Waals surface area contributed by atoms with Crippen LogP contribution in [0.1, 0.15) is 18.1 Å². The van der Waals surface area contributed by atoms with Crippen molar-refractivity contribution in [1.82, 2.24) is 0 Å². The molecule has 0 saturated carbocycles. The lowest BCUT2D eigenvalue weighted by molar-refractivity contribution is 0.300. The number of ether oxygens (including phenoxy) is 2. The Morgan fingerprint density at radius 1 is 0.852 bits per heavy atom. The molecule has 0 fully saturated rings. The van der Waals surface area contributed by atoms with Crippen LogP contribution in [0.25, 0.3) is 11.1 Å². The van der Waals surface area contributed by atoms with E-state index in [1.165, 1.54) is 25.3 Å². The third-order valence-electron chi connectivity index (χ3n) is 4.35. The number of hydrogen-bond donors (Lipinski definition) is 0. The minimum Gasteiger partial charge on any atom is -0.494 e. The summed E-state index contributed by atoms with van der Waals surface area (Å²) in [6.07, 6.45) is 0.766. The predicted molar refractivity (Wildman–Crippen MR) is 98.5 cm³/mol. The van der Waals surface area contributed by atoms with Crippen LogP contribution < -0.4 is 9.47 Å². The summed E-state index contributed by atoms with van der Waals surface area (Å²) < 4.78 is 52.4. The van der Waals surface area contributed by atoms with E-state index in [0.717, 1.165) is 12.0 Å². The monoisotopic (exact) mass is 372 g/mol. The first kappa shape index (κ1) is 18.8. The summed E-state index contributed by atoms with van der Waals surface area (Å²) in [5.74, 6) is -1.94. The average Bonchev–Trinajstić information content (AvgIpc) is 2.69. The van der Waals surface area contributed by atoms with Crippen LogP contribution in [0, 0.1) is 17.5 Å². The Kier molecular flexibility index (Phi) is 5.69. The molecule has 0 saturated heterocycles. The van der Waals surface area contributed by atoms with Gasteiger partial charge in [0, 0.05) is 11.1 Å². The fourth-order valence-corrected chi connectivity index (χ4v) is 2.73. The van der Waals surface area contributed by atoms with E-state index in [1.807, 2.05) is 13.0 Å². The van der Waals surface area contributed by atoms with E-state index in [0.29, 0.717) is 16.9 Å². The molecule has 0 atom stereocenters. The zero-order chi connectivity index (χ0) is 19.4. The molecule has 3 aromatic rings. The van der Waals surface area contributed by atoms with Gasteiger partial charge in [0.15, 0.2) is 11.6 Å². The second-order valence-electron chi connectivity index (χ2n) is 6.04. The molecule has 0 aliphatic rings. The van der Waals surface area contributed by atoms with Crippen molar-refractivity contribution in [3.63, 3.8) is 0 Å². The highest BCUT2D eigenvalue weighted by molar-refractivity contribution is 5.66. The molecular formula is C22H19F3O2. The first-order valence-electron chi connectivity index (χ1n) is 8.56. The van der Waals surface area contributed by atoms with Gasteiger partial charge in [-0.25, -0.2) is 8.78 Å². The van der Waals surface area contributed by atoms with Crippen LogP contribution in [0.5, 0.6) is 11.5 Å². The first-order chi connectivity index (χ1) is 13.0. The van der Waals surface area contributed by atoms with Crippen LogP contribution in [-0.2, 0) is 13.0 Å². The lowest BCUT2D eigenvalue weighted by atomic mass is 10.0. The average molecular weight is 372 g/mol. The largest absolute Gasteiger partial charge is 0.494 e. The van der Waals surface area contributed by atoms with E-state index in [2.05, 4.69) is 0 Å². The Morgan fingerprint density at radius 3 is 2.22 bits per heavy atom. The molecule has 0 heterocycles. The second-order valence-corrected chi connectivity index (χ2v) is 6.04. The third-order valence-corrected chi connectivity index (χ3v) is 4.35. The van der Waals surface area contributed by atoms with Gasteiger partial charge in [-0.1, -0.05) is 31.2 Å². The maximum Gasteiger partial charge on any atom is 0.201 e. The number of methoxy groups -OCH3 is 1. The Labute approximate surface area is 156 Å². The molecule has 0 N–H and O–H groups in total. The highest BCUT2D eigenvalue weighted by Gasteiger charge is 2.15. The second kappa shape index (κ2) is 8.16. The molecule has 3 rings (SSSR count). The van der Waals surface area contributed by atoms with Crippen molar-refractivity contribution in [3.05, 3.63) is 83.2 Å². The molecule has 27 heavy (non-hydrogen) atoms. The molecule has 5 heteroatoms. The third kappa shape index (κ3) is 4.08. The fraction of sp³-hybridized carbons (Fsp3) is 0.182. The molecule has 0 amide bonds. The highest BCUT2D eigenvalue weighted by Crippen LogP contribution is 2.30. The Morgan fingerprint density at radius 2 is 1.59 bits per heavy atom. The van der Waals surface area contributed by atoms with Crippen LogP contribution in [0.3, 0.4) is 0 Å². The lowest BCUT2D eigenvalue weighted by Crippen LogP contribution is -1.99. The first-order valence-corrected chi connectivity index (χ1v) is 8.56. The van der Waals surface area contributed by atoms with Gasteiger partial charge < -0.3 is 9.47 Å². The molecule has 3 aromatic carbocycles. The van der Waals surface area contributed by atoms with E-state index < -0.39 is 11.6 Å². The summed E-state index contributed by atoms with van der Waals surface area (Å²) in [7, 11) is 1.28. The quantitative estimate of drug-likeness (QED) is 0.535. The van der Waals surface area contributed by atoms with E-state index in [9.17, 15) is 13.2 Å². The zero-order valence-corrected chi connectivity index (χ0v) is 15.1. The van der Waals surface area contributed by atoms with Gasteiger partial charge in [0.1, 0.15) is 18.2 Å². The summed E-state index contributed by atoms with van der Waals surface area (Å²) in [4.78, 5) is 0. The van der Waals surface area contributed by atoms with Crippen molar-refractivity contribution in [1.29, 1.82) is 0 Å². The van der Waals surface area contributed by atoms with Crippen molar-refractivity contribution >= 4 is 0 Å². The molecule has 140 valence electrons. The molecule has 0 aliphatic carbocycles. The molecule has 0 bridgehead atoms. The Balaban J connectivity index is 1.74. The van der Waals surface area contributed by atoms with Gasteiger partial charge in [0.25, 0.3) is 0 Å². The predicted octanol–water partition coefficient (Wildman–Crippen LogP) is 5.92. The molecule has 0 spiro atoms. The van der Waals surface area contributed by atoms with E-state index >= 15 is 0 Å². The number of aryl methyl sites for hydroxylation is 1. The van der Waals surface area contributed by atoms with E-state index in [1.54, 1.807) is 30.3 Å². The zero-order valence-electron chi connectivity index (χ0n) is 15.1. The van der Waals surface area contributed by atoms with Crippen molar-refractivity contribution in [2.45, 2.75) is 20.0 Å². The summed E-state index contributed by atoms with van der Waals surface area (Å²) >= 11 is 0. The molecule has 0 radical (unpaired) electrons. The Hall–Kier alpha value is -2.95. The smallest absolute Gasteiger partial charge is 0.201 e. The van der Waals surface area contributed by atoms with Gasteiger partial charge in [-0.2, -0.15) is 4.39 Å². The van der Waals surface area contributed by atoms with Gasteiger partial charge in [0.05, 0.1) is 7.11 Å². The van der Waals surface area contributed by atoms with Crippen LogP contribution in [-0.4, -0.2) is 7.11 Å². The van der Waals surface area contributed by atoms with E-state index in [4.69, 9.17) is 9.47 Å². The number of rotatable bonds is 6. The summed E-state index contributed by atoms with van der Waals surface area (Å²) in [6.45, 7) is 2.05. The van der Waals surface area contributed by atoms with Crippen LogP contribution in [0.15, 0.2) is 54.6 Å². The van der Waals surface area contributed by atoms with E-state index in [-0.39, 0.29) is 23.7 Å². The maximum atomic E-state index is 14.2. The minimum absolute atomic E-state index is 0.0840. The van der Waals surface area contributed by atoms with Crippen LogP contribution in [0.2, 0.25) is 0 Å². The molecule has 0 unspecified atom stereocenters. The van der Waals surface area contributed by atoms with Crippen molar-refractivity contribution in [2.24, 2.45) is 0 Å². The van der Waals surface area contributed by atoms with Crippen molar-refractivity contribution in [3.8, 4) is 22.6 Å². The molecule has 0 aliphatic heterocycles. The van der Waals surface area contributed by atoms with Crippen LogP contribution >= 0.6 is 0 Å². The van der Waals surface area contributed by atoms with Crippen molar-refractivity contribution in [2.75, 3.05) is 7.11 Å². The molecule has 0 aromatic heterocycles. The highest BCUT2D eigenvalue weighted by atomic mass is 19.2. The maximum absolute atomic E-state index is 14.2. The molecular weight excluding hydrogens is 353 g/mol. The molecule has 2 nitrogen and oxygen atoms in total. The van der Waals surface area contributed by atoms with Crippen LogP contribution in [0.4, 0.5) is 13.2 Å². The van der Waals surface area contributed by atoms with Gasteiger partial charge in [-0.3, -0.25) is 0 Å². The SMILES string of the molecule is CCc1ccc(COc2ccc(-c3ccc(OC)c(F)c3F)cc2)c(F)c1. The summed E-state index contributed by atoms with van der Waals surface area (Å²) in [6, 6.07) is 14.4. The van der Waals surface area contributed by atoms with Gasteiger partial charge in [0.2, 0.25) is 5.82 Å². The topological polar surface area (TPSA) is 18.5 Å². The van der Waals surface area contributed by atoms with Gasteiger partial charge in [-0.15, -0.1) is 0 Å². The van der Waals surface area contributed by atoms with Gasteiger partial charge >= 0.3 is 0 Å². The van der Waals surface area contributed by atoms with Crippen molar-refractivity contribution < 1.29 is 22.6 Å². The fourth-order valence-electron chi connectivity index (χ4n) is 2.73. The summed E-state index contributed by atoms with van der Waals surface area (Å²) in [5, 5.41) is 0. The number of benzene rings is 3. The number of halogens is 3.